The van der Waals surface area contributed by atoms with E-state index in [0.717, 1.165) is 19.4 Å². The van der Waals surface area contributed by atoms with Gasteiger partial charge in [0.1, 0.15) is 0 Å². The van der Waals surface area contributed by atoms with Crippen LogP contribution < -0.4 is 5.32 Å². The summed E-state index contributed by atoms with van der Waals surface area (Å²) < 4.78 is 1.19. The molecule has 20 heavy (non-hydrogen) atoms. The highest BCUT2D eigenvalue weighted by Crippen LogP contribution is 2.18. The second kappa shape index (κ2) is 7.61. The molecule has 0 bridgehead atoms. The first-order valence-corrected chi connectivity index (χ1v) is 7.97. The summed E-state index contributed by atoms with van der Waals surface area (Å²) in [6.07, 6.45) is 2.29. The number of hydrogen-bond donors (Lipinski definition) is 1. The summed E-state index contributed by atoms with van der Waals surface area (Å²) in [6, 6.07) is 17.7. The zero-order valence-electron chi connectivity index (χ0n) is 12.2. The molecule has 0 radical (unpaired) electrons. The number of rotatable bonds is 6. The SMILES string of the molecule is Cc1ccc(CNC(C)CCc2ccccc2)c(Br)c1. The third-order valence-corrected chi connectivity index (χ3v) is 4.30. The fourth-order valence-corrected chi connectivity index (χ4v) is 2.84. The van der Waals surface area contributed by atoms with Gasteiger partial charge in [0.15, 0.2) is 0 Å². The minimum Gasteiger partial charge on any atom is -0.310 e. The first-order valence-electron chi connectivity index (χ1n) is 7.17. The summed E-state index contributed by atoms with van der Waals surface area (Å²) in [5, 5.41) is 3.60. The second-order valence-corrected chi connectivity index (χ2v) is 6.26. The topological polar surface area (TPSA) is 12.0 Å². The fraction of sp³-hybridized carbons (Fsp3) is 0.333. The van der Waals surface area contributed by atoms with Crippen molar-refractivity contribution in [2.24, 2.45) is 0 Å². The second-order valence-electron chi connectivity index (χ2n) is 5.40. The molecule has 0 heterocycles. The van der Waals surface area contributed by atoms with Gasteiger partial charge in [-0.3, -0.25) is 0 Å². The third-order valence-electron chi connectivity index (χ3n) is 3.56. The monoisotopic (exact) mass is 331 g/mol. The Morgan fingerprint density at radius 2 is 1.85 bits per heavy atom. The maximum absolute atomic E-state index is 3.63. The summed E-state index contributed by atoms with van der Waals surface area (Å²) >= 11 is 3.63. The van der Waals surface area contributed by atoms with E-state index in [1.165, 1.54) is 21.2 Å². The Hall–Kier alpha value is -1.12. The van der Waals surface area contributed by atoms with Crippen molar-refractivity contribution in [1.29, 1.82) is 0 Å². The summed E-state index contributed by atoms with van der Waals surface area (Å²) in [5.41, 5.74) is 4.03. The van der Waals surface area contributed by atoms with Gasteiger partial charge in [-0.05, 0) is 49.4 Å². The average Bonchev–Trinajstić information content (AvgIpc) is 2.45. The number of halogens is 1. The van der Waals surface area contributed by atoms with Gasteiger partial charge < -0.3 is 5.32 Å². The molecule has 0 amide bonds. The van der Waals surface area contributed by atoms with E-state index in [4.69, 9.17) is 0 Å². The fourth-order valence-electron chi connectivity index (χ4n) is 2.21. The van der Waals surface area contributed by atoms with Crippen LogP contribution in [0.1, 0.15) is 30.0 Å². The standard InChI is InChI=1S/C18H22BrN/c1-14-8-11-17(18(19)12-14)13-20-15(2)9-10-16-6-4-3-5-7-16/h3-8,11-12,15,20H,9-10,13H2,1-2H3. The molecule has 2 aromatic rings. The Labute approximate surface area is 130 Å². The predicted octanol–water partition coefficient (Wildman–Crippen LogP) is 4.87. The Balaban J connectivity index is 1.79. The molecule has 0 aliphatic heterocycles. The van der Waals surface area contributed by atoms with Crippen LogP contribution in [0.3, 0.4) is 0 Å². The van der Waals surface area contributed by atoms with Gasteiger partial charge in [-0.2, -0.15) is 0 Å². The Kier molecular flexibility index (Phi) is 5.81. The molecular formula is C18H22BrN. The van der Waals surface area contributed by atoms with E-state index in [2.05, 4.69) is 83.6 Å². The molecule has 2 heteroatoms. The quantitative estimate of drug-likeness (QED) is 0.796. The van der Waals surface area contributed by atoms with Crippen molar-refractivity contribution in [3.05, 3.63) is 69.7 Å². The van der Waals surface area contributed by atoms with Gasteiger partial charge >= 0.3 is 0 Å². The number of nitrogens with one attached hydrogen (secondary N) is 1. The molecule has 2 rings (SSSR count). The van der Waals surface area contributed by atoms with Gasteiger partial charge in [-0.15, -0.1) is 0 Å². The maximum Gasteiger partial charge on any atom is 0.0222 e. The van der Waals surface area contributed by atoms with Crippen molar-refractivity contribution in [1.82, 2.24) is 5.32 Å². The van der Waals surface area contributed by atoms with E-state index >= 15 is 0 Å². The van der Waals surface area contributed by atoms with Crippen LogP contribution in [0, 0.1) is 6.92 Å². The number of aryl methyl sites for hydroxylation is 2. The Morgan fingerprint density at radius 1 is 1.10 bits per heavy atom. The maximum atomic E-state index is 3.63. The van der Waals surface area contributed by atoms with E-state index in [-0.39, 0.29) is 0 Å². The highest BCUT2D eigenvalue weighted by atomic mass is 79.9. The molecule has 0 spiro atoms. The first-order chi connectivity index (χ1) is 9.65. The van der Waals surface area contributed by atoms with Crippen LogP contribution in [0.2, 0.25) is 0 Å². The lowest BCUT2D eigenvalue weighted by Crippen LogP contribution is -2.26. The van der Waals surface area contributed by atoms with Crippen LogP contribution >= 0.6 is 15.9 Å². The van der Waals surface area contributed by atoms with Gasteiger partial charge in [-0.25, -0.2) is 0 Å². The average molecular weight is 332 g/mol. The molecule has 0 saturated heterocycles. The highest BCUT2D eigenvalue weighted by Gasteiger charge is 2.04. The van der Waals surface area contributed by atoms with Gasteiger partial charge in [0.25, 0.3) is 0 Å². The lowest BCUT2D eigenvalue weighted by atomic mass is 10.1. The lowest BCUT2D eigenvalue weighted by molar-refractivity contribution is 0.513. The summed E-state index contributed by atoms with van der Waals surface area (Å²) in [7, 11) is 0. The van der Waals surface area contributed by atoms with E-state index in [1.807, 2.05) is 0 Å². The van der Waals surface area contributed by atoms with Crippen molar-refractivity contribution in [2.45, 2.75) is 39.3 Å². The van der Waals surface area contributed by atoms with Crippen LogP contribution in [0.4, 0.5) is 0 Å². The molecule has 1 unspecified atom stereocenters. The smallest absolute Gasteiger partial charge is 0.0222 e. The minimum atomic E-state index is 0.517. The molecule has 1 N–H and O–H groups in total. The Bertz CT molecular complexity index is 536. The molecule has 0 fully saturated rings. The minimum absolute atomic E-state index is 0.517. The molecule has 106 valence electrons. The normalized spacial score (nSPS) is 12.3. The summed E-state index contributed by atoms with van der Waals surface area (Å²) in [6.45, 7) is 5.28. The van der Waals surface area contributed by atoms with E-state index in [0.29, 0.717) is 6.04 Å². The molecular weight excluding hydrogens is 310 g/mol. The van der Waals surface area contributed by atoms with E-state index < -0.39 is 0 Å². The van der Waals surface area contributed by atoms with Crippen LogP contribution in [0.5, 0.6) is 0 Å². The molecule has 0 aliphatic rings. The van der Waals surface area contributed by atoms with Crippen LogP contribution in [-0.2, 0) is 13.0 Å². The highest BCUT2D eigenvalue weighted by molar-refractivity contribution is 9.10. The number of benzene rings is 2. The molecule has 0 aromatic heterocycles. The molecule has 1 atom stereocenters. The van der Waals surface area contributed by atoms with E-state index in [1.54, 1.807) is 0 Å². The van der Waals surface area contributed by atoms with Gasteiger partial charge in [0.2, 0.25) is 0 Å². The zero-order chi connectivity index (χ0) is 14.4. The van der Waals surface area contributed by atoms with Crippen molar-refractivity contribution < 1.29 is 0 Å². The van der Waals surface area contributed by atoms with Crippen LogP contribution in [-0.4, -0.2) is 6.04 Å². The van der Waals surface area contributed by atoms with Gasteiger partial charge in [-0.1, -0.05) is 58.4 Å². The summed E-state index contributed by atoms with van der Waals surface area (Å²) in [5.74, 6) is 0. The van der Waals surface area contributed by atoms with Crippen LogP contribution in [0.25, 0.3) is 0 Å². The van der Waals surface area contributed by atoms with Crippen molar-refractivity contribution in [2.75, 3.05) is 0 Å². The van der Waals surface area contributed by atoms with Crippen molar-refractivity contribution >= 4 is 15.9 Å². The molecule has 0 aliphatic carbocycles. The first kappa shape index (κ1) is 15.3. The van der Waals surface area contributed by atoms with Gasteiger partial charge in [0, 0.05) is 17.1 Å². The zero-order valence-corrected chi connectivity index (χ0v) is 13.8. The predicted molar refractivity (Wildman–Crippen MR) is 89.9 cm³/mol. The van der Waals surface area contributed by atoms with E-state index in [9.17, 15) is 0 Å². The van der Waals surface area contributed by atoms with Crippen molar-refractivity contribution in [3.8, 4) is 0 Å². The van der Waals surface area contributed by atoms with Crippen LogP contribution in [0.15, 0.2) is 53.0 Å². The molecule has 1 nitrogen and oxygen atoms in total. The largest absolute Gasteiger partial charge is 0.310 e. The van der Waals surface area contributed by atoms with Crippen molar-refractivity contribution in [3.63, 3.8) is 0 Å². The molecule has 0 saturated carbocycles. The van der Waals surface area contributed by atoms with Gasteiger partial charge in [0.05, 0.1) is 0 Å². The Morgan fingerprint density at radius 3 is 2.55 bits per heavy atom. The number of hydrogen-bond acceptors (Lipinski definition) is 1. The molecule has 2 aromatic carbocycles. The summed E-state index contributed by atoms with van der Waals surface area (Å²) in [4.78, 5) is 0. The lowest BCUT2D eigenvalue weighted by Gasteiger charge is -2.15. The third kappa shape index (κ3) is 4.77.